The quantitative estimate of drug-likeness (QED) is 0.190. The molecule has 0 spiro atoms. The number of hydrogen-bond acceptors (Lipinski definition) is 11. The van der Waals surface area contributed by atoms with E-state index in [2.05, 4.69) is 0 Å². The Balaban J connectivity index is 2.91. The standard InChI is InChI=1S/C29H45NO10/c1-17(2)15-35-27(33)39-23-11-10-21(13-24(23)40-28(34)36-16-18(3)4)12-22(30)26(32)38-20(6)19(5)37-25(31)14-29(7,8)9/h10-11,13,17-20,22H,12,14-16,30H2,1-9H3/t19?,20-,22-/m0/s1. The third-order valence-corrected chi connectivity index (χ3v) is 5.18. The molecule has 40 heavy (non-hydrogen) atoms. The maximum Gasteiger partial charge on any atom is 0.513 e. The van der Waals surface area contributed by atoms with Crippen LogP contribution in [0.15, 0.2) is 18.2 Å². The zero-order chi connectivity index (χ0) is 30.6. The maximum absolute atomic E-state index is 12.6. The Morgan fingerprint density at radius 2 is 1.27 bits per heavy atom. The lowest BCUT2D eigenvalue weighted by molar-refractivity contribution is -0.167. The van der Waals surface area contributed by atoms with Gasteiger partial charge in [-0.05, 0) is 55.2 Å². The highest BCUT2D eigenvalue weighted by atomic mass is 16.7. The van der Waals surface area contributed by atoms with E-state index in [4.69, 9.17) is 34.2 Å². The Labute approximate surface area is 236 Å². The van der Waals surface area contributed by atoms with Gasteiger partial charge in [0.25, 0.3) is 0 Å². The SMILES string of the molecule is CC(C)COC(=O)Oc1ccc(C[C@H](N)C(=O)O[C@@H](C)C(C)OC(=O)CC(C)(C)C)cc1OC(=O)OCC(C)C. The molecule has 0 aromatic heterocycles. The monoisotopic (exact) mass is 567 g/mol. The molecule has 0 aliphatic heterocycles. The third kappa shape index (κ3) is 14.2. The molecule has 3 atom stereocenters. The molecule has 0 fully saturated rings. The van der Waals surface area contributed by atoms with E-state index in [0.717, 1.165) is 0 Å². The highest BCUT2D eigenvalue weighted by Gasteiger charge is 2.26. The molecular formula is C29H45NO10. The smallest absolute Gasteiger partial charge is 0.459 e. The molecule has 11 nitrogen and oxygen atoms in total. The Morgan fingerprint density at radius 1 is 0.775 bits per heavy atom. The van der Waals surface area contributed by atoms with Gasteiger partial charge in [-0.25, -0.2) is 9.59 Å². The first-order valence-corrected chi connectivity index (χ1v) is 13.4. The molecule has 0 radical (unpaired) electrons. The average Bonchev–Trinajstić information content (AvgIpc) is 2.81. The lowest BCUT2D eigenvalue weighted by Crippen LogP contribution is -2.39. The van der Waals surface area contributed by atoms with Crippen molar-refractivity contribution in [2.75, 3.05) is 13.2 Å². The Morgan fingerprint density at radius 3 is 1.77 bits per heavy atom. The van der Waals surface area contributed by atoms with Crippen LogP contribution in [0.1, 0.15) is 74.3 Å². The van der Waals surface area contributed by atoms with Crippen LogP contribution in [0.2, 0.25) is 0 Å². The van der Waals surface area contributed by atoms with Gasteiger partial charge in [-0.15, -0.1) is 0 Å². The summed E-state index contributed by atoms with van der Waals surface area (Å²) in [4.78, 5) is 49.0. The molecule has 1 aromatic rings. The second-order valence-corrected chi connectivity index (χ2v) is 11.8. The summed E-state index contributed by atoms with van der Waals surface area (Å²) in [6.07, 6.45) is -3.12. The fourth-order valence-electron chi connectivity index (χ4n) is 3.03. The van der Waals surface area contributed by atoms with Gasteiger partial charge in [0.1, 0.15) is 18.2 Å². The summed E-state index contributed by atoms with van der Waals surface area (Å²) in [5.41, 5.74) is 6.34. The molecule has 0 aliphatic carbocycles. The minimum absolute atomic E-state index is 0.0131. The highest BCUT2D eigenvalue weighted by Crippen LogP contribution is 2.30. The van der Waals surface area contributed by atoms with Crippen LogP contribution in [0.25, 0.3) is 0 Å². The Kier molecular flexibility index (Phi) is 13.9. The van der Waals surface area contributed by atoms with Crippen molar-refractivity contribution < 1.29 is 47.6 Å². The first-order chi connectivity index (χ1) is 18.5. The van der Waals surface area contributed by atoms with Crippen LogP contribution in [0.3, 0.4) is 0 Å². The first-order valence-electron chi connectivity index (χ1n) is 13.4. The summed E-state index contributed by atoms with van der Waals surface area (Å²) in [6, 6.07) is 3.29. The molecule has 11 heteroatoms. The molecule has 1 unspecified atom stereocenters. The lowest BCUT2D eigenvalue weighted by Gasteiger charge is -2.24. The molecule has 0 saturated carbocycles. The Hall–Kier alpha value is -3.34. The van der Waals surface area contributed by atoms with Gasteiger partial charge in [-0.2, -0.15) is 0 Å². The Bertz CT molecular complexity index is 999. The first kappa shape index (κ1) is 34.7. The van der Waals surface area contributed by atoms with Crippen molar-refractivity contribution in [3.63, 3.8) is 0 Å². The number of esters is 2. The molecular weight excluding hydrogens is 522 g/mol. The normalized spacial score (nSPS) is 13.7. The number of hydrogen-bond donors (Lipinski definition) is 1. The largest absolute Gasteiger partial charge is 0.513 e. The molecule has 0 saturated heterocycles. The summed E-state index contributed by atoms with van der Waals surface area (Å²) in [7, 11) is 0. The molecule has 0 aliphatic rings. The van der Waals surface area contributed by atoms with E-state index in [1.54, 1.807) is 19.9 Å². The maximum atomic E-state index is 12.6. The van der Waals surface area contributed by atoms with Crippen molar-refractivity contribution in [1.82, 2.24) is 0 Å². The summed E-state index contributed by atoms with van der Waals surface area (Å²) in [5, 5.41) is 0. The van der Waals surface area contributed by atoms with Crippen molar-refractivity contribution in [2.45, 2.75) is 93.4 Å². The van der Waals surface area contributed by atoms with Crippen LogP contribution in [0.4, 0.5) is 9.59 Å². The molecule has 0 heterocycles. The molecule has 226 valence electrons. The van der Waals surface area contributed by atoms with Crippen LogP contribution in [-0.2, 0) is 35.0 Å². The van der Waals surface area contributed by atoms with Crippen molar-refractivity contribution in [3.05, 3.63) is 23.8 Å². The summed E-state index contributed by atoms with van der Waals surface area (Å²) < 4.78 is 31.4. The van der Waals surface area contributed by atoms with Gasteiger partial charge in [0.05, 0.1) is 19.6 Å². The van der Waals surface area contributed by atoms with Gasteiger partial charge in [-0.1, -0.05) is 54.5 Å². The van der Waals surface area contributed by atoms with E-state index in [-0.39, 0.29) is 60.8 Å². The van der Waals surface area contributed by atoms with Crippen molar-refractivity contribution >= 4 is 24.2 Å². The molecule has 1 aromatic carbocycles. The number of nitrogens with two attached hydrogens (primary N) is 1. The molecule has 1 rings (SSSR count). The number of ether oxygens (including phenoxy) is 6. The van der Waals surface area contributed by atoms with E-state index < -0.39 is 36.5 Å². The van der Waals surface area contributed by atoms with Crippen LogP contribution in [0, 0.1) is 17.3 Å². The number of rotatable bonds is 13. The molecule has 0 bridgehead atoms. The predicted molar refractivity (Wildman–Crippen MR) is 147 cm³/mol. The van der Waals surface area contributed by atoms with Gasteiger partial charge in [0.15, 0.2) is 11.5 Å². The fraction of sp³-hybridized carbons (Fsp3) is 0.655. The predicted octanol–water partition coefficient (Wildman–Crippen LogP) is 5.20. The van der Waals surface area contributed by atoms with Crippen molar-refractivity contribution in [2.24, 2.45) is 23.0 Å². The summed E-state index contributed by atoms with van der Waals surface area (Å²) >= 11 is 0. The fourth-order valence-corrected chi connectivity index (χ4v) is 3.03. The second kappa shape index (κ2) is 16.1. The average molecular weight is 568 g/mol. The van der Waals surface area contributed by atoms with Crippen LogP contribution in [-0.4, -0.2) is 55.7 Å². The molecule has 0 amide bonds. The minimum Gasteiger partial charge on any atom is -0.459 e. The van der Waals surface area contributed by atoms with Gasteiger partial charge in [0, 0.05) is 0 Å². The number of carbonyl (C=O) groups excluding carboxylic acids is 4. The van der Waals surface area contributed by atoms with Gasteiger partial charge >= 0.3 is 24.2 Å². The van der Waals surface area contributed by atoms with Gasteiger partial charge in [0.2, 0.25) is 0 Å². The van der Waals surface area contributed by atoms with E-state index in [1.165, 1.54) is 12.1 Å². The van der Waals surface area contributed by atoms with Gasteiger partial charge in [-0.3, -0.25) is 9.59 Å². The lowest BCUT2D eigenvalue weighted by atomic mass is 9.92. The second-order valence-electron chi connectivity index (χ2n) is 11.8. The zero-order valence-electron chi connectivity index (χ0n) is 25.1. The van der Waals surface area contributed by atoms with E-state index in [1.807, 2.05) is 48.5 Å². The zero-order valence-corrected chi connectivity index (χ0v) is 25.1. The van der Waals surface area contributed by atoms with Crippen molar-refractivity contribution in [1.29, 1.82) is 0 Å². The minimum atomic E-state index is -1.08. The van der Waals surface area contributed by atoms with Crippen molar-refractivity contribution in [3.8, 4) is 11.5 Å². The van der Waals surface area contributed by atoms with Gasteiger partial charge < -0.3 is 34.2 Å². The van der Waals surface area contributed by atoms with Crippen LogP contribution >= 0.6 is 0 Å². The molecule has 2 N–H and O–H groups in total. The van der Waals surface area contributed by atoms with Crippen LogP contribution < -0.4 is 15.2 Å². The van der Waals surface area contributed by atoms with E-state index in [9.17, 15) is 19.2 Å². The van der Waals surface area contributed by atoms with E-state index >= 15 is 0 Å². The topological polar surface area (TPSA) is 150 Å². The van der Waals surface area contributed by atoms with E-state index in [0.29, 0.717) is 5.56 Å². The number of benzene rings is 1. The van der Waals surface area contributed by atoms with Crippen LogP contribution in [0.5, 0.6) is 11.5 Å². The number of carbonyl (C=O) groups is 4. The third-order valence-electron chi connectivity index (χ3n) is 5.18. The summed E-state index contributed by atoms with van der Waals surface area (Å²) in [6.45, 7) is 16.8. The highest BCUT2D eigenvalue weighted by molar-refractivity contribution is 5.76. The summed E-state index contributed by atoms with van der Waals surface area (Å²) in [5.74, 6) is -1.10.